The first kappa shape index (κ1) is 20.5. The van der Waals surface area contributed by atoms with Crippen LogP contribution in [-0.4, -0.2) is 75.1 Å². The summed E-state index contributed by atoms with van der Waals surface area (Å²) >= 11 is 1.48. The molecule has 1 amide bonds. The molecule has 2 rings (SSSR count). The number of methoxy groups -OCH3 is 1. The number of hydrogen-bond donors (Lipinski definition) is 1. The van der Waals surface area contributed by atoms with E-state index in [2.05, 4.69) is 10.2 Å². The molecule has 1 unspecified atom stereocenters. The molecular weight excluding hydrogens is 356 g/mol. The standard InChI is InChI=1S/C18H26N2O5S/c1-14(21)19-17(18(22)23-2)13-26-16-5-3-15(4-6-16)25-12-9-20-7-10-24-11-8-20/h3-6,17H,7-13H2,1-2H3,(H,19,21). The third-order valence-corrected chi connectivity index (χ3v) is 4.99. The van der Waals surface area contributed by atoms with E-state index in [1.807, 2.05) is 24.3 Å². The molecule has 1 aliphatic rings. The van der Waals surface area contributed by atoms with Gasteiger partial charge in [-0.05, 0) is 24.3 Å². The summed E-state index contributed by atoms with van der Waals surface area (Å²) in [7, 11) is 1.31. The lowest BCUT2D eigenvalue weighted by atomic mass is 10.3. The molecule has 1 aromatic rings. The van der Waals surface area contributed by atoms with E-state index >= 15 is 0 Å². The maximum Gasteiger partial charge on any atom is 0.329 e. The van der Waals surface area contributed by atoms with E-state index in [4.69, 9.17) is 14.2 Å². The van der Waals surface area contributed by atoms with Gasteiger partial charge in [-0.2, -0.15) is 0 Å². The van der Waals surface area contributed by atoms with Crippen molar-refractivity contribution >= 4 is 23.6 Å². The number of carbonyl (C=O) groups is 2. The molecule has 0 spiro atoms. The van der Waals surface area contributed by atoms with Crippen molar-refractivity contribution < 1.29 is 23.8 Å². The van der Waals surface area contributed by atoms with Crippen LogP contribution in [0.4, 0.5) is 0 Å². The molecule has 0 aromatic heterocycles. The lowest BCUT2D eigenvalue weighted by Crippen LogP contribution is -2.42. The molecular formula is C18H26N2O5S. The Morgan fingerprint density at radius 1 is 1.27 bits per heavy atom. The average molecular weight is 382 g/mol. The highest BCUT2D eigenvalue weighted by Gasteiger charge is 2.20. The molecule has 1 fully saturated rings. The maximum absolute atomic E-state index is 11.7. The highest BCUT2D eigenvalue weighted by Crippen LogP contribution is 2.22. The first-order valence-electron chi connectivity index (χ1n) is 8.59. The Balaban J connectivity index is 1.75. The highest BCUT2D eigenvalue weighted by molar-refractivity contribution is 7.99. The van der Waals surface area contributed by atoms with Crippen LogP contribution in [0.2, 0.25) is 0 Å². The Kier molecular flexibility index (Phi) is 8.73. The zero-order valence-electron chi connectivity index (χ0n) is 15.2. The maximum atomic E-state index is 11.7. The van der Waals surface area contributed by atoms with E-state index in [1.54, 1.807) is 0 Å². The number of nitrogens with one attached hydrogen (secondary N) is 1. The summed E-state index contributed by atoms with van der Waals surface area (Å²) in [4.78, 5) is 26.2. The van der Waals surface area contributed by atoms with E-state index in [0.29, 0.717) is 12.4 Å². The van der Waals surface area contributed by atoms with Gasteiger partial charge in [0, 0.05) is 37.2 Å². The molecule has 7 nitrogen and oxygen atoms in total. The number of hydrogen-bond acceptors (Lipinski definition) is 7. The topological polar surface area (TPSA) is 77.1 Å². The molecule has 1 saturated heterocycles. The Bertz CT molecular complexity index is 575. The molecule has 0 radical (unpaired) electrons. The first-order chi connectivity index (χ1) is 12.6. The SMILES string of the molecule is COC(=O)C(CSc1ccc(OCCN2CCOCC2)cc1)NC(C)=O. The van der Waals surface area contributed by atoms with E-state index in [9.17, 15) is 9.59 Å². The van der Waals surface area contributed by atoms with Crippen LogP contribution < -0.4 is 10.1 Å². The van der Waals surface area contributed by atoms with Crippen LogP contribution in [0.1, 0.15) is 6.92 Å². The van der Waals surface area contributed by atoms with Gasteiger partial charge in [0.25, 0.3) is 0 Å². The molecule has 1 heterocycles. The van der Waals surface area contributed by atoms with Crippen molar-refractivity contribution in [3.05, 3.63) is 24.3 Å². The summed E-state index contributed by atoms with van der Waals surface area (Å²) in [6.45, 7) is 6.39. The van der Waals surface area contributed by atoms with Gasteiger partial charge in [-0.25, -0.2) is 4.79 Å². The van der Waals surface area contributed by atoms with Crippen molar-refractivity contribution in [2.24, 2.45) is 0 Å². The van der Waals surface area contributed by atoms with Gasteiger partial charge < -0.3 is 19.5 Å². The Hall–Kier alpha value is -1.77. The van der Waals surface area contributed by atoms with Gasteiger partial charge in [-0.1, -0.05) is 0 Å². The van der Waals surface area contributed by atoms with Crippen LogP contribution in [0.15, 0.2) is 29.2 Å². The zero-order chi connectivity index (χ0) is 18.8. The molecule has 1 N–H and O–H groups in total. The number of ether oxygens (including phenoxy) is 3. The molecule has 1 aliphatic heterocycles. The van der Waals surface area contributed by atoms with Gasteiger partial charge in [0.15, 0.2) is 0 Å². The Morgan fingerprint density at radius 2 is 1.96 bits per heavy atom. The fourth-order valence-electron chi connectivity index (χ4n) is 2.49. The zero-order valence-corrected chi connectivity index (χ0v) is 16.0. The monoisotopic (exact) mass is 382 g/mol. The van der Waals surface area contributed by atoms with Gasteiger partial charge in [-0.15, -0.1) is 11.8 Å². The largest absolute Gasteiger partial charge is 0.492 e. The van der Waals surface area contributed by atoms with Gasteiger partial charge in [0.2, 0.25) is 5.91 Å². The molecule has 1 atom stereocenters. The van der Waals surface area contributed by atoms with Crippen molar-refractivity contribution in [2.75, 3.05) is 52.3 Å². The predicted octanol–water partition coefficient (Wildman–Crippen LogP) is 1.17. The molecule has 26 heavy (non-hydrogen) atoms. The van der Waals surface area contributed by atoms with Crippen LogP contribution in [0.5, 0.6) is 5.75 Å². The Morgan fingerprint density at radius 3 is 2.58 bits per heavy atom. The van der Waals surface area contributed by atoms with E-state index < -0.39 is 12.0 Å². The lowest BCUT2D eigenvalue weighted by molar-refractivity contribution is -0.144. The fourth-order valence-corrected chi connectivity index (χ4v) is 3.39. The van der Waals surface area contributed by atoms with Gasteiger partial charge in [0.1, 0.15) is 18.4 Å². The molecule has 0 saturated carbocycles. The second-order valence-corrected chi connectivity index (χ2v) is 6.95. The van der Waals surface area contributed by atoms with Gasteiger partial charge in [-0.3, -0.25) is 9.69 Å². The van der Waals surface area contributed by atoms with Crippen molar-refractivity contribution in [1.29, 1.82) is 0 Å². The first-order valence-corrected chi connectivity index (χ1v) is 9.57. The van der Waals surface area contributed by atoms with Crippen LogP contribution in [-0.2, 0) is 19.1 Å². The van der Waals surface area contributed by atoms with Crippen LogP contribution >= 0.6 is 11.8 Å². The van der Waals surface area contributed by atoms with Crippen LogP contribution in [0.25, 0.3) is 0 Å². The number of amides is 1. The average Bonchev–Trinajstić information content (AvgIpc) is 2.66. The number of nitrogens with zero attached hydrogens (tertiary/aromatic N) is 1. The smallest absolute Gasteiger partial charge is 0.329 e. The van der Waals surface area contributed by atoms with Crippen LogP contribution in [0, 0.1) is 0 Å². The number of esters is 1. The summed E-state index contributed by atoms with van der Waals surface area (Å²) < 4.78 is 15.8. The third-order valence-electron chi connectivity index (χ3n) is 3.88. The fraction of sp³-hybridized carbons (Fsp3) is 0.556. The summed E-state index contributed by atoms with van der Waals surface area (Å²) in [6.07, 6.45) is 0. The normalized spacial score (nSPS) is 15.9. The van der Waals surface area contributed by atoms with E-state index in [0.717, 1.165) is 43.5 Å². The summed E-state index contributed by atoms with van der Waals surface area (Å²) in [5.74, 6) is 0.513. The lowest BCUT2D eigenvalue weighted by Gasteiger charge is -2.26. The van der Waals surface area contributed by atoms with Crippen molar-refractivity contribution in [3.8, 4) is 5.75 Å². The number of carbonyl (C=O) groups excluding carboxylic acids is 2. The quantitative estimate of drug-likeness (QED) is 0.507. The summed E-state index contributed by atoms with van der Waals surface area (Å²) in [6, 6.07) is 7.04. The van der Waals surface area contributed by atoms with Gasteiger partial charge >= 0.3 is 5.97 Å². The number of morpholine rings is 1. The Labute approximate surface area is 158 Å². The minimum absolute atomic E-state index is 0.259. The molecule has 0 bridgehead atoms. The summed E-state index contributed by atoms with van der Waals surface area (Å²) in [5, 5.41) is 2.60. The van der Waals surface area contributed by atoms with Crippen molar-refractivity contribution in [1.82, 2.24) is 10.2 Å². The van der Waals surface area contributed by atoms with Crippen molar-refractivity contribution in [2.45, 2.75) is 17.9 Å². The third kappa shape index (κ3) is 7.23. The second kappa shape index (κ2) is 11.1. The van der Waals surface area contributed by atoms with Crippen molar-refractivity contribution in [3.63, 3.8) is 0 Å². The number of thioether (sulfide) groups is 1. The van der Waals surface area contributed by atoms with Crippen LogP contribution in [0.3, 0.4) is 0 Å². The number of benzene rings is 1. The molecule has 0 aliphatic carbocycles. The number of rotatable bonds is 9. The van der Waals surface area contributed by atoms with Gasteiger partial charge in [0.05, 0.1) is 20.3 Å². The second-order valence-electron chi connectivity index (χ2n) is 5.86. The molecule has 1 aromatic carbocycles. The van der Waals surface area contributed by atoms with E-state index in [1.165, 1.54) is 25.8 Å². The predicted molar refractivity (Wildman–Crippen MR) is 99.5 cm³/mol. The highest BCUT2D eigenvalue weighted by atomic mass is 32.2. The summed E-state index contributed by atoms with van der Waals surface area (Å²) in [5.41, 5.74) is 0. The molecule has 8 heteroatoms. The minimum atomic E-state index is -0.660. The minimum Gasteiger partial charge on any atom is -0.492 e. The van der Waals surface area contributed by atoms with E-state index in [-0.39, 0.29) is 5.91 Å². The molecule has 144 valence electrons.